The van der Waals surface area contributed by atoms with E-state index in [2.05, 4.69) is 46.7 Å². The average Bonchev–Trinajstić information content (AvgIpc) is 3.21. The van der Waals surface area contributed by atoms with E-state index in [1.54, 1.807) is 11.8 Å². The fourth-order valence-electron chi connectivity index (χ4n) is 7.01. The zero-order valence-electron chi connectivity index (χ0n) is 39.5. The Morgan fingerprint density at radius 3 is 1.17 bits per heavy atom. The second kappa shape index (κ2) is 45.4. The molecule has 0 aromatic rings. The van der Waals surface area contributed by atoms with Gasteiger partial charge in [-0.2, -0.15) is 23.5 Å². The SMILES string of the molecule is CCCCCCCC(=O)OC(CCCCCC)CSCCCCCC(CCCCCSCC(CCCCCC)OC(=O)CCCCCCC)OC(=O)CSCCN(C)C. The summed E-state index contributed by atoms with van der Waals surface area (Å²) in [6.07, 6.45) is 32.6. The fourth-order valence-corrected chi connectivity index (χ4v) is 10.0. The van der Waals surface area contributed by atoms with Crippen LogP contribution in [0.1, 0.15) is 220 Å². The third kappa shape index (κ3) is 42.5. The second-order valence-electron chi connectivity index (χ2n) is 17.1. The summed E-state index contributed by atoms with van der Waals surface area (Å²) >= 11 is 5.52. The molecule has 7 nitrogen and oxygen atoms in total. The van der Waals surface area contributed by atoms with E-state index >= 15 is 0 Å². The van der Waals surface area contributed by atoms with Crippen LogP contribution in [0.2, 0.25) is 0 Å². The van der Waals surface area contributed by atoms with Crippen LogP contribution in [-0.4, -0.2) is 96.3 Å². The Balaban J connectivity index is 4.75. The molecule has 0 rings (SSSR count). The molecule has 0 radical (unpaired) electrons. The molecule has 0 aliphatic carbocycles. The molecule has 0 aromatic carbocycles. The van der Waals surface area contributed by atoms with Crippen LogP contribution in [0.3, 0.4) is 0 Å². The Morgan fingerprint density at radius 2 is 0.763 bits per heavy atom. The van der Waals surface area contributed by atoms with E-state index in [9.17, 15) is 14.4 Å². The predicted octanol–water partition coefficient (Wildman–Crippen LogP) is 14.3. The van der Waals surface area contributed by atoms with Gasteiger partial charge in [-0.1, -0.05) is 130 Å². The molecule has 2 unspecified atom stereocenters. The van der Waals surface area contributed by atoms with Crippen molar-refractivity contribution in [1.82, 2.24) is 4.90 Å². The van der Waals surface area contributed by atoms with Crippen LogP contribution in [0.4, 0.5) is 0 Å². The maximum absolute atomic E-state index is 12.8. The van der Waals surface area contributed by atoms with Gasteiger partial charge in [0.25, 0.3) is 0 Å². The lowest BCUT2D eigenvalue weighted by atomic mass is 10.0. The molecule has 350 valence electrons. The lowest BCUT2D eigenvalue weighted by Gasteiger charge is -2.19. The van der Waals surface area contributed by atoms with Gasteiger partial charge in [0, 0.05) is 36.6 Å². The average molecular weight is 891 g/mol. The largest absolute Gasteiger partial charge is 0.462 e. The van der Waals surface area contributed by atoms with E-state index in [1.807, 2.05) is 23.5 Å². The topological polar surface area (TPSA) is 82.1 Å². The molecule has 0 aromatic heterocycles. The quantitative estimate of drug-likeness (QED) is 0.0335. The number of unbranched alkanes of at least 4 members (excludes halogenated alkanes) is 18. The number of nitrogens with zero attached hydrogens (tertiary/aromatic N) is 1. The molecule has 0 aliphatic rings. The van der Waals surface area contributed by atoms with Crippen molar-refractivity contribution in [2.45, 2.75) is 239 Å². The highest BCUT2D eigenvalue weighted by atomic mass is 32.2. The highest BCUT2D eigenvalue weighted by molar-refractivity contribution is 8.00. The second-order valence-corrected chi connectivity index (χ2v) is 20.5. The van der Waals surface area contributed by atoms with Gasteiger partial charge in [-0.05, 0) is 103 Å². The molecule has 0 heterocycles. The highest BCUT2D eigenvalue weighted by Crippen LogP contribution is 2.21. The van der Waals surface area contributed by atoms with Crippen molar-refractivity contribution in [3.05, 3.63) is 0 Å². The number of hydrogen-bond donors (Lipinski definition) is 0. The first kappa shape index (κ1) is 58.4. The van der Waals surface area contributed by atoms with Crippen molar-refractivity contribution in [3.63, 3.8) is 0 Å². The minimum atomic E-state index is -0.0779. The third-order valence-corrected chi connectivity index (χ3v) is 14.0. The molecule has 0 amide bonds. The number of ether oxygens (including phenoxy) is 3. The lowest BCUT2D eigenvalue weighted by Crippen LogP contribution is -2.21. The molecule has 59 heavy (non-hydrogen) atoms. The first-order chi connectivity index (χ1) is 28.7. The van der Waals surface area contributed by atoms with E-state index in [0.717, 1.165) is 138 Å². The predicted molar refractivity (Wildman–Crippen MR) is 261 cm³/mol. The summed E-state index contributed by atoms with van der Waals surface area (Å²) in [7, 11) is 4.12. The number of thioether (sulfide) groups is 3. The summed E-state index contributed by atoms with van der Waals surface area (Å²) in [6, 6.07) is 0. The van der Waals surface area contributed by atoms with Gasteiger partial charge in [-0.3, -0.25) is 14.4 Å². The highest BCUT2D eigenvalue weighted by Gasteiger charge is 2.18. The summed E-state index contributed by atoms with van der Waals surface area (Å²) in [5.41, 5.74) is 0. The van der Waals surface area contributed by atoms with Gasteiger partial charge in [-0.15, -0.1) is 11.8 Å². The number of carbonyl (C=O) groups excluding carboxylic acids is 3. The summed E-state index contributed by atoms with van der Waals surface area (Å²) < 4.78 is 18.0. The van der Waals surface area contributed by atoms with Crippen molar-refractivity contribution in [1.29, 1.82) is 0 Å². The van der Waals surface area contributed by atoms with Gasteiger partial charge in [0.2, 0.25) is 0 Å². The zero-order valence-corrected chi connectivity index (χ0v) is 42.0. The normalized spacial score (nSPS) is 13.1. The Kier molecular flexibility index (Phi) is 45.0. The summed E-state index contributed by atoms with van der Waals surface area (Å²) in [5.74, 6) is 5.17. The minimum absolute atomic E-state index is 0.0128. The van der Waals surface area contributed by atoms with Crippen molar-refractivity contribution in [2.24, 2.45) is 0 Å². The van der Waals surface area contributed by atoms with Crippen molar-refractivity contribution in [3.8, 4) is 0 Å². The maximum atomic E-state index is 12.8. The number of rotatable bonds is 46. The first-order valence-electron chi connectivity index (χ1n) is 24.7. The van der Waals surface area contributed by atoms with Gasteiger partial charge in [0.05, 0.1) is 5.75 Å². The van der Waals surface area contributed by atoms with E-state index in [4.69, 9.17) is 14.2 Å². The van der Waals surface area contributed by atoms with E-state index in [1.165, 1.54) is 77.0 Å². The smallest absolute Gasteiger partial charge is 0.316 e. The minimum Gasteiger partial charge on any atom is -0.462 e. The van der Waals surface area contributed by atoms with E-state index < -0.39 is 0 Å². The summed E-state index contributed by atoms with van der Waals surface area (Å²) in [6.45, 7) is 9.86. The van der Waals surface area contributed by atoms with Crippen LogP contribution in [0.5, 0.6) is 0 Å². The number of hydrogen-bond acceptors (Lipinski definition) is 10. The Morgan fingerprint density at radius 1 is 0.407 bits per heavy atom. The monoisotopic (exact) mass is 890 g/mol. The van der Waals surface area contributed by atoms with E-state index in [0.29, 0.717) is 18.6 Å². The van der Waals surface area contributed by atoms with Gasteiger partial charge < -0.3 is 19.1 Å². The van der Waals surface area contributed by atoms with Crippen LogP contribution in [0.25, 0.3) is 0 Å². The molecule has 0 spiro atoms. The number of esters is 3. The molecule has 0 bridgehead atoms. The van der Waals surface area contributed by atoms with Crippen LogP contribution in [0.15, 0.2) is 0 Å². The third-order valence-electron chi connectivity index (χ3n) is 10.8. The lowest BCUT2D eigenvalue weighted by molar-refractivity contribution is -0.149. The number of carbonyl (C=O) groups is 3. The Labute approximate surface area is 378 Å². The van der Waals surface area contributed by atoms with Crippen LogP contribution < -0.4 is 0 Å². The van der Waals surface area contributed by atoms with Crippen LogP contribution >= 0.6 is 35.3 Å². The zero-order chi connectivity index (χ0) is 43.4. The van der Waals surface area contributed by atoms with Gasteiger partial charge in [0.1, 0.15) is 18.3 Å². The molecule has 2 atom stereocenters. The molecular weight excluding hydrogens is 795 g/mol. The molecule has 10 heteroatoms. The first-order valence-corrected chi connectivity index (χ1v) is 28.2. The molecule has 0 saturated heterocycles. The molecule has 0 aliphatic heterocycles. The Bertz CT molecular complexity index is 883. The molecular formula is C49H95NO6S3. The van der Waals surface area contributed by atoms with Gasteiger partial charge in [-0.25, -0.2) is 0 Å². The van der Waals surface area contributed by atoms with Crippen molar-refractivity contribution >= 4 is 53.2 Å². The van der Waals surface area contributed by atoms with Gasteiger partial charge in [0.15, 0.2) is 0 Å². The standard InChI is InChI=1S/C49H95NO6S3/c1-7-11-15-19-27-35-47(51)55-45(33-23-17-13-9-3)41-57-38-29-21-25-31-44(54-49(53)43-59-40-37-50(5)6)32-26-22-30-39-58-42-46(34-24-18-14-10-4)56-48(52)36-28-20-16-12-8-2/h44-46H,7-43H2,1-6H3. The Hall–Kier alpha value is -0.580. The molecule has 0 fully saturated rings. The summed E-state index contributed by atoms with van der Waals surface area (Å²) in [4.78, 5) is 40.2. The fraction of sp³-hybridized carbons (Fsp3) is 0.939. The summed E-state index contributed by atoms with van der Waals surface area (Å²) in [5, 5.41) is 0. The van der Waals surface area contributed by atoms with Crippen molar-refractivity contribution in [2.75, 3.05) is 55.2 Å². The van der Waals surface area contributed by atoms with E-state index in [-0.39, 0.29) is 36.2 Å². The van der Waals surface area contributed by atoms with Crippen molar-refractivity contribution < 1.29 is 28.6 Å². The van der Waals surface area contributed by atoms with Crippen LogP contribution in [-0.2, 0) is 28.6 Å². The van der Waals surface area contributed by atoms with Gasteiger partial charge >= 0.3 is 17.9 Å². The maximum Gasteiger partial charge on any atom is 0.316 e. The molecule has 0 N–H and O–H groups in total. The molecule has 0 saturated carbocycles. The van der Waals surface area contributed by atoms with Crippen LogP contribution in [0, 0.1) is 0 Å².